The Kier molecular flexibility index (Phi) is 4.11. The molecule has 1 saturated carbocycles. The zero-order valence-corrected chi connectivity index (χ0v) is 12.0. The van der Waals surface area contributed by atoms with Crippen molar-refractivity contribution >= 4 is 0 Å². The maximum Gasteiger partial charge on any atom is 0.143 e. The molecular weight excluding hydrogens is 236 g/mol. The molecular formula is C16H22N2O. The van der Waals surface area contributed by atoms with Crippen molar-refractivity contribution in [2.24, 2.45) is 5.92 Å². The maximum atomic E-state index is 9.52. The molecule has 3 heteroatoms. The van der Waals surface area contributed by atoms with E-state index in [4.69, 9.17) is 4.74 Å². The molecule has 19 heavy (non-hydrogen) atoms. The van der Waals surface area contributed by atoms with Crippen LogP contribution in [0.4, 0.5) is 0 Å². The Morgan fingerprint density at radius 2 is 2.16 bits per heavy atom. The molecule has 1 aromatic carbocycles. The third kappa shape index (κ3) is 3.08. The number of ether oxygens (including phenoxy) is 1. The predicted molar refractivity (Wildman–Crippen MR) is 76.2 cm³/mol. The van der Waals surface area contributed by atoms with E-state index in [1.807, 2.05) is 26.0 Å². The predicted octanol–water partition coefficient (Wildman–Crippen LogP) is 2.96. The lowest BCUT2D eigenvalue weighted by Gasteiger charge is -2.27. The summed E-state index contributed by atoms with van der Waals surface area (Å²) < 4.78 is 5.92. The van der Waals surface area contributed by atoms with E-state index in [2.05, 4.69) is 24.4 Å². The zero-order valence-electron chi connectivity index (χ0n) is 12.0. The van der Waals surface area contributed by atoms with Gasteiger partial charge in [-0.2, -0.15) is 5.26 Å². The average molecular weight is 258 g/mol. The molecule has 2 rings (SSSR count). The first-order valence-electron chi connectivity index (χ1n) is 6.97. The number of nitrogens with zero attached hydrogens (tertiary/aromatic N) is 1. The number of nitriles is 1. The van der Waals surface area contributed by atoms with Gasteiger partial charge in [-0.1, -0.05) is 24.6 Å². The van der Waals surface area contributed by atoms with Crippen LogP contribution in [0.3, 0.4) is 0 Å². The van der Waals surface area contributed by atoms with Crippen LogP contribution >= 0.6 is 0 Å². The van der Waals surface area contributed by atoms with Gasteiger partial charge < -0.3 is 4.74 Å². The standard InChI is InChI=1S/C16H22N2O/c1-4-18-16(10-17,14-6-7-14)11-19-15-8-5-12(2)9-13(15)3/h5,8-9,14,18H,4,6-7,11H2,1-3H3. The molecule has 3 nitrogen and oxygen atoms in total. The highest BCUT2D eigenvalue weighted by Crippen LogP contribution is 2.40. The van der Waals surface area contributed by atoms with Crippen LogP contribution in [0.1, 0.15) is 30.9 Å². The van der Waals surface area contributed by atoms with Crippen molar-refractivity contribution in [3.63, 3.8) is 0 Å². The Bertz CT molecular complexity index is 488. The van der Waals surface area contributed by atoms with E-state index in [1.54, 1.807) is 0 Å². The van der Waals surface area contributed by atoms with Crippen LogP contribution in [0.15, 0.2) is 18.2 Å². The van der Waals surface area contributed by atoms with Crippen LogP contribution in [0, 0.1) is 31.1 Å². The van der Waals surface area contributed by atoms with Crippen LogP contribution < -0.4 is 10.1 Å². The number of benzene rings is 1. The second-order valence-electron chi connectivity index (χ2n) is 5.45. The first-order chi connectivity index (χ1) is 9.11. The lowest BCUT2D eigenvalue weighted by molar-refractivity contribution is 0.203. The van der Waals surface area contributed by atoms with Gasteiger partial charge >= 0.3 is 0 Å². The van der Waals surface area contributed by atoms with Gasteiger partial charge in [0.15, 0.2) is 0 Å². The van der Waals surface area contributed by atoms with Crippen molar-refractivity contribution in [3.05, 3.63) is 29.3 Å². The smallest absolute Gasteiger partial charge is 0.143 e. The summed E-state index contributed by atoms with van der Waals surface area (Å²) in [7, 11) is 0. The van der Waals surface area contributed by atoms with Gasteiger partial charge in [0.05, 0.1) is 6.07 Å². The molecule has 0 heterocycles. The fourth-order valence-electron chi connectivity index (χ4n) is 2.52. The van der Waals surface area contributed by atoms with Gasteiger partial charge in [-0.05, 0) is 50.8 Å². The number of likely N-dealkylation sites (N-methyl/N-ethyl adjacent to an activating group) is 1. The van der Waals surface area contributed by atoms with E-state index in [1.165, 1.54) is 5.56 Å². The summed E-state index contributed by atoms with van der Waals surface area (Å²) in [5, 5.41) is 12.8. The Hall–Kier alpha value is -1.53. The third-order valence-electron chi connectivity index (χ3n) is 3.75. The molecule has 1 aliphatic rings. The fourth-order valence-corrected chi connectivity index (χ4v) is 2.52. The highest BCUT2D eigenvalue weighted by atomic mass is 16.5. The van der Waals surface area contributed by atoms with Crippen molar-refractivity contribution in [1.29, 1.82) is 5.26 Å². The second-order valence-corrected chi connectivity index (χ2v) is 5.45. The van der Waals surface area contributed by atoms with E-state index in [0.29, 0.717) is 12.5 Å². The van der Waals surface area contributed by atoms with E-state index in [0.717, 1.165) is 30.7 Å². The molecule has 0 aromatic heterocycles. The topological polar surface area (TPSA) is 45.0 Å². The summed E-state index contributed by atoms with van der Waals surface area (Å²) in [4.78, 5) is 0. The number of nitrogens with one attached hydrogen (secondary N) is 1. The Labute approximate surface area is 115 Å². The van der Waals surface area contributed by atoms with Crippen LogP contribution in [0.25, 0.3) is 0 Å². The summed E-state index contributed by atoms with van der Waals surface area (Å²) in [6.07, 6.45) is 2.24. The SMILES string of the molecule is CCNC(C#N)(COc1ccc(C)cc1C)C1CC1. The molecule has 0 radical (unpaired) electrons. The van der Waals surface area contributed by atoms with Crippen LogP contribution in [-0.2, 0) is 0 Å². The first-order valence-corrected chi connectivity index (χ1v) is 6.97. The highest BCUT2D eigenvalue weighted by Gasteiger charge is 2.46. The van der Waals surface area contributed by atoms with Gasteiger partial charge in [0.2, 0.25) is 0 Å². The zero-order chi connectivity index (χ0) is 13.9. The molecule has 0 saturated heterocycles. The Morgan fingerprint density at radius 3 is 2.68 bits per heavy atom. The minimum Gasteiger partial charge on any atom is -0.490 e. The minimum atomic E-state index is -0.522. The molecule has 1 N–H and O–H groups in total. The fraction of sp³-hybridized carbons (Fsp3) is 0.562. The monoisotopic (exact) mass is 258 g/mol. The van der Waals surface area contributed by atoms with Crippen molar-refractivity contribution in [3.8, 4) is 11.8 Å². The lowest BCUT2D eigenvalue weighted by Crippen LogP contribution is -2.50. The summed E-state index contributed by atoms with van der Waals surface area (Å²) in [5.41, 5.74) is 1.83. The van der Waals surface area contributed by atoms with Gasteiger partial charge in [0, 0.05) is 0 Å². The Morgan fingerprint density at radius 1 is 1.42 bits per heavy atom. The number of hydrogen-bond donors (Lipinski definition) is 1. The van der Waals surface area contributed by atoms with Crippen LogP contribution in [0.5, 0.6) is 5.75 Å². The molecule has 0 bridgehead atoms. The van der Waals surface area contributed by atoms with Crippen molar-refractivity contribution in [2.75, 3.05) is 13.2 Å². The van der Waals surface area contributed by atoms with E-state index in [9.17, 15) is 5.26 Å². The summed E-state index contributed by atoms with van der Waals surface area (Å²) in [5.74, 6) is 1.31. The normalized spacial score (nSPS) is 17.6. The average Bonchev–Trinajstić information content (AvgIpc) is 3.21. The number of hydrogen-bond acceptors (Lipinski definition) is 3. The van der Waals surface area contributed by atoms with E-state index in [-0.39, 0.29) is 0 Å². The summed E-state index contributed by atoms with van der Waals surface area (Å²) >= 11 is 0. The largest absolute Gasteiger partial charge is 0.490 e. The Balaban J connectivity index is 2.08. The highest BCUT2D eigenvalue weighted by molar-refractivity contribution is 5.36. The van der Waals surface area contributed by atoms with Gasteiger partial charge in [0.1, 0.15) is 17.9 Å². The van der Waals surface area contributed by atoms with Gasteiger partial charge in [-0.15, -0.1) is 0 Å². The van der Waals surface area contributed by atoms with Gasteiger partial charge in [-0.3, -0.25) is 5.32 Å². The maximum absolute atomic E-state index is 9.52. The molecule has 1 atom stereocenters. The molecule has 0 amide bonds. The molecule has 1 unspecified atom stereocenters. The summed E-state index contributed by atoms with van der Waals surface area (Å²) in [6, 6.07) is 8.58. The first kappa shape index (κ1) is 13.9. The van der Waals surface area contributed by atoms with E-state index >= 15 is 0 Å². The van der Waals surface area contributed by atoms with E-state index < -0.39 is 5.54 Å². The minimum absolute atomic E-state index is 0.423. The molecule has 1 aromatic rings. The molecule has 0 spiro atoms. The quantitative estimate of drug-likeness (QED) is 0.853. The molecule has 0 aliphatic heterocycles. The van der Waals surface area contributed by atoms with Gasteiger partial charge in [0.25, 0.3) is 0 Å². The van der Waals surface area contributed by atoms with Crippen molar-refractivity contribution in [2.45, 2.75) is 39.2 Å². The number of aryl methyl sites for hydroxylation is 2. The van der Waals surface area contributed by atoms with Crippen molar-refractivity contribution < 1.29 is 4.74 Å². The van der Waals surface area contributed by atoms with Crippen LogP contribution in [-0.4, -0.2) is 18.7 Å². The second kappa shape index (κ2) is 5.63. The number of rotatable bonds is 6. The molecule has 1 aliphatic carbocycles. The molecule has 102 valence electrons. The summed E-state index contributed by atoms with van der Waals surface area (Å²) in [6.45, 7) is 7.36. The lowest BCUT2D eigenvalue weighted by atomic mass is 9.96. The molecule has 1 fully saturated rings. The van der Waals surface area contributed by atoms with Crippen LogP contribution in [0.2, 0.25) is 0 Å². The van der Waals surface area contributed by atoms with Crippen molar-refractivity contribution in [1.82, 2.24) is 5.32 Å². The van der Waals surface area contributed by atoms with Gasteiger partial charge in [-0.25, -0.2) is 0 Å². The third-order valence-corrected chi connectivity index (χ3v) is 3.75.